The standard InChI is InChI=1S/C13H15ClN2O2S/c14-7-10-19(17,18)16-9-6-12-4-1-3-11-5-2-8-15-13(11)12/h1-5,8,16H,6-7,9-10H2. The Morgan fingerprint density at radius 2 is 2.00 bits per heavy atom. The molecule has 2 rings (SSSR count). The summed E-state index contributed by atoms with van der Waals surface area (Å²) < 4.78 is 25.5. The first-order valence-electron chi connectivity index (χ1n) is 5.98. The highest BCUT2D eigenvalue weighted by Gasteiger charge is 2.09. The van der Waals surface area contributed by atoms with Crippen molar-refractivity contribution in [2.45, 2.75) is 6.42 Å². The fourth-order valence-corrected chi connectivity index (χ4v) is 3.25. The number of fused-ring (bicyclic) bond motifs is 1. The Morgan fingerprint density at radius 3 is 2.79 bits per heavy atom. The third-order valence-corrected chi connectivity index (χ3v) is 4.58. The van der Waals surface area contributed by atoms with Gasteiger partial charge in [0.25, 0.3) is 0 Å². The van der Waals surface area contributed by atoms with Crippen LogP contribution >= 0.6 is 11.6 Å². The van der Waals surface area contributed by atoms with Gasteiger partial charge in [-0.2, -0.15) is 0 Å². The van der Waals surface area contributed by atoms with Crippen molar-refractivity contribution in [1.82, 2.24) is 9.71 Å². The Labute approximate surface area is 117 Å². The van der Waals surface area contributed by atoms with Crippen molar-refractivity contribution in [2.75, 3.05) is 18.2 Å². The maximum Gasteiger partial charge on any atom is 0.212 e. The zero-order valence-corrected chi connectivity index (χ0v) is 11.9. The van der Waals surface area contributed by atoms with E-state index in [0.717, 1.165) is 16.5 Å². The minimum Gasteiger partial charge on any atom is -0.256 e. The number of sulfonamides is 1. The molecule has 0 saturated carbocycles. The monoisotopic (exact) mass is 298 g/mol. The largest absolute Gasteiger partial charge is 0.256 e. The molecule has 0 saturated heterocycles. The van der Waals surface area contributed by atoms with E-state index in [9.17, 15) is 8.42 Å². The smallest absolute Gasteiger partial charge is 0.212 e. The number of pyridine rings is 1. The number of rotatable bonds is 6. The fraction of sp³-hybridized carbons (Fsp3) is 0.308. The van der Waals surface area contributed by atoms with Crippen LogP contribution < -0.4 is 4.72 Å². The van der Waals surface area contributed by atoms with Gasteiger partial charge in [-0.1, -0.05) is 24.3 Å². The number of aromatic nitrogens is 1. The average Bonchev–Trinajstić information content (AvgIpc) is 2.39. The Morgan fingerprint density at radius 1 is 1.21 bits per heavy atom. The van der Waals surface area contributed by atoms with Crippen LogP contribution in [0.5, 0.6) is 0 Å². The van der Waals surface area contributed by atoms with E-state index in [1.165, 1.54) is 0 Å². The summed E-state index contributed by atoms with van der Waals surface area (Å²) in [5.74, 6) is 0.0491. The molecule has 0 fully saturated rings. The van der Waals surface area contributed by atoms with Crippen molar-refractivity contribution in [2.24, 2.45) is 0 Å². The van der Waals surface area contributed by atoms with Gasteiger partial charge in [-0.25, -0.2) is 13.1 Å². The maximum atomic E-state index is 11.5. The van der Waals surface area contributed by atoms with E-state index in [1.807, 2.05) is 30.3 Å². The molecule has 2 aromatic rings. The first kappa shape index (κ1) is 14.2. The molecule has 0 spiro atoms. The summed E-state index contributed by atoms with van der Waals surface area (Å²) >= 11 is 5.43. The molecule has 102 valence electrons. The molecule has 19 heavy (non-hydrogen) atoms. The fourth-order valence-electron chi connectivity index (χ4n) is 1.88. The predicted octanol–water partition coefficient (Wildman–Crippen LogP) is 1.94. The molecule has 6 heteroatoms. The molecular formula is C13H15ClN2O2S. The summed E-state index contributed by atoms with van der Waals surface area (Å²) in [7, 11) is -3.26. The second kappa shape index (κ2) is 6.32. The van der Waals surface area contributed by atoms with Gasteiger partial charge in [0.15, 0.2) is 0 Å². The molecule has 0 bridgehead atoms. The summed E-state index contributed by atoms with van der Waals surface area (Å²) in [6.07, 6.45) is 2.35. The molecule has 0 unspecified atom stereocenters. The maximum absolute atomic E-state index is 11.5. The molecule has 1 heterocycles. The minimum atomic E-state index is -3.26. The average molecular weight is 299 g/mol. The Balaban J connectivity index is 2.06. The van der Waals surface area contributed by atoms with Gasteiger partial charge in [-0.15, -0.1) is 11.6 Å². The molecule has 0 aliphatic heterocycles. The summed E-state index contributed by atoms with van der Waals surface area (Å²) in [4.78, 5) is 4.33. The minimum absolute atomic E-state index is 0.0532. The zero-order valence-electron chi connectivity index (χ0n) is 10.3. The summed E-state index contributed by atoms with van der Waals surface area (Å²) in [5, 5.41) is 1.06. The molecular weight excluding hydrogens is 284 g/mol. The number of alkyl halides is 1. The quantitative estimate of drug-likeness (QED) is 0.829. The number of hydrogen-bond donors (Lipinski definition) is 1. The lowest BCUT2D eigenvalue weighted by Gasteiger charge is -2.07. The van der Waals surface area contributed by atoms with E-state index in [0.29, 0.717) is 13.0 Å². The van der Waals surface area contributed by atoms with Crippen molar-refractivity contribution in [3.05, 3.63) is 42.1 Å². The molecule has 0 amide bonds. The van der Waals surface area contributed by atoms with Crippen LogP contribution in [0, 0.1) is 0 Å². The van der Waals surface area contributed by atoms with Crippen molar-refractivity contribution < 1.29 is 8.42 Å². The number of nitrogens with zero attached hydrogens (tertiary/aromatic N) is 1. The van der Waals surface area contributed by atoms with Gasteiger partial charge in [0.05, 0.1) is 11.3 Å². The molecule has 1 aromatic heterocycles. The van der Waals surface area contributed by atoms with Gasteiger partial charge >= 0.3 is 0 Å². The van der Waals surface area contributed by atoms with Crippen LogP contribution in [0.1, 0.15) is 5.56 Å². The third-order valence-electron chi connectivity index (χ3n) is 2.78. The lowest BCUT2D eigenvalue weighted by molar-refractivity contribution is 0.583. The lowest BCUT2D eigenvalue weighted by atomic mass is 10.1. The third kappa shape index (κ3) is 3.89. The number of nitrogens with one attached hydrogen (secondary N) is 1. The Bertz CT molecular complexity index is 653. The van der Waals surface area contributed by atoms with Crippen molar-refractivity contribution in [3.8, 4) is 0 Å². The van der Waals surface area contributed by atoms with E-state index < -0.39 is 10.0 Å². The zero-order chi connectivity index (χ0) is 13.7. The number of benzene rings is 1. The molecule has 0 radical (unpaired) electrons. The second-order valence-electron chi connectivity index (χ2n) is 4.14. The SMILES string of the molecule is O=S(=O)(CCCl)NCCc1cccc2cccnc12. The Kier molecular flexibility index (Phi) is 4.74. The van der Waals surface area contributed by atoms with Gasteiger partial charge < -0.3 is 0 Å². The first-order chi connectivity index (χ1) is 9.12. The van der Waals surface area contributed by atoms with Crippen LogP contribution in [-0.4, -0.2) is 31.6 Å². The molecule has 1 aromatic carbocycles. The van der Waals surface area contributed by atoms with E-state index in [4.69, 9.17) is 11.6 Å². The van der Waals surface area contributed by atoms with Crippen molar-refractivity contribution >= 4 is 32.5 Å². The molecule has 1 N–H and O–H groups in total. The number of para-hydroxylation sites is 1. The van der Waals surface area contributed by atoms with Crippen LogP contribution in [0.15, 0.2) is 36.5 Å². The normalized spacial score (nSPS) is 11.8. The predicted molar refractivity (Wildman–Crippen MR) is 78.0 cm³/mol. The van der Waals surface area contributed by atoms with Gasteiger partial charge in [-0.3, -0.25) is 4.98 Å². The lowest BCUT2D eigenvalue weighted by Crippen LogP contribution is -2.29. The van der Waals surface area contributed by atoms with Crippen molar-refractivity contribution in [3.63, 3.8) is 0 Å². The van der Waals surface area contributed by atoms with Crippen LogP contribution in [0.25, 0.3) is 10.9 Å². The highest BCUT2D eigenvalue weighted by molar-refractivity contribution is 7.89. The van der Waals surface area contributed by atoms with E-state index in [2.05, 4.69) is 9.71 Å². The van der Waals surface area contributed by atoms with Gasteiger partial charge in [0.1, 0.15) is 0 Å². The van der Waals surface area contributed by atoms with Crippen LogP contribution in [0.2, 0.25) is 0 Å². The summed E-state index contributed by atoms with van der Waals surface area (Å²) in [5.41, 5.74) is 1.95. The van der Waals surface area contributed by atoms with Crippen LogP contribution in [0.3, 0.4) is 0 Å². The highest BCUT2D eigenvalue weighted by atomic mass is 35.5. The van der Waals surface area contributed by atoms with E-state index >= 15 is 0 Å². The van der Waals surface area contributed by atoms with Gasteiger partial charge in [-0.05, 0) is 18.1 Å². The summed E-state index contributed by atoms with van der Waals surface area (Å²) in [6.45, 7) is 0.356. The molecule has 0 aliphatic carbocycles. The van der Waals surface area contributed by atoms with E-state index in [-0.39, 0.29) is 11.6 Å². The number of hydrogen-bond acceptors (Lipinski definition) is 3. The van der Waals surface area contributed by atoms with Crippen LogP contribution in [-0.2, 0) is 16.4 Å². The Hall–Kier alpha value is -1.17. The summed E-state index contributed by atoms with van der Waals surface area (Å²) in [6, 6.07) is 9.78. The van der Waals surface area contributed by atoms with Gasteiger partial charge in [0.2, 0.25) is 10.0 Å². The first-order valence-corrected chi connectivity index (χ1v) is 8.17. The molecule has 0 aliphatic rings. The highest BCUT2D eigenvalue weighted by Crippen LogP contribution is 2.15. The number of halogens is 1. The topological polar surface area (TPSA) is 59.1 Å². The molecule has 4 nitrogen and oxygen atoms in total. The van der Waals surface area contributed by atoms with Crippen molar-refractivity contribution in [1.29, 1.82) is 0 Å². The molecule has 0 atom stereocenters. The van der Waals surface area contributed by atoms with E-state index in [1.54, 1.807) is 6.20 Å². The second-order valence-corrected chi connectivity index (χ2v) is 6.45. The van der Waals surface area contributed by atoms with Crippen LogP contribution in [0.4, 0.5) is 0 Å². The van der Waals surface area contributed by atoms with Gasteiger partial charge in [0, 0.05) is 24.0 Å².